The number of aliphatic hydroxyl groups excluding tert-OH is 1. The molecule has 0 fully saturated rings. The predicted octanol–water partition coefficient (Wildman–Crippen LogP) is 3.02. The second kappa shape index (κ2) is 14.2. The highest BCUT2D eigenvalue weighted by atomic mass is 19.1. The summed E-state index contributed by atoms with van der Waals surface area (Å²) >= 11 is 0. The lowest BCUT2D eigenvalue weighted by Crippen LogP contribution is -2.41. The average molecular weight is 454 g/mol. The van der Waals surface area contributed by atoms with Crippen LogP contribution in [0.3, 0.4) is 0 Å². The summed E-state index contributed by atoms with van der Waals surface area (Å²) in [5.74, 6) is 0.0207. The number of hydrogen-bond acceptors (Lipinski definition) is 6. The monoisotopic (exact) mass is 453 g/mol. The van der Waals surface area contributed by atoms with E-state index in [0.29, 0.717) is 39.5 Å². The van der Waals surface area contributed by atoms with Gasteiger partial charge in [-0.25, -0.2) is 4.39 Å². The highest BCUT2D eigenvalue weighted by molar-refractivity contribution is 5.91. The van der Waals surface area contributed by atoms with Gasteiger partial charge in [-0.2, -0.15) is 0 Å². The number of amides is 1. The summed E-state index contributed by atoms with van der Waals surface area (Å²) in [5.41, 5.74) is 0.802. The molecule has 0 unspecified atom stereocenters. The van der Waals surface area contributed by atoms with E-state index in [1.54, 1.807) is 12.1 Å². The van der Waals surface area contributed by atoms with Gasteiger partial charge in [0, 0.05) is 25.7 Å². The van der Waals surface area contributed by atoms with Crippen molar-refractivity contribution in [2.45, 2.75) is 40.0 Å². The van der Waals surface area contributed by atoms with Crippen molar-refractivity contribution in [2.75, 3.05) is 39.6 Å². The predicted molar refractivity (Wildman–Crippen MR) is 118 cm³/mol. The first kappa shape index (κ1) is 26.3. The molecule has 1 aromatic carbocycles. The molecular formula is C24H36FNO6. The van der Waals surface area contributed by atoms with Gasteiger partial charge in [-0.15, -0.1) is 0 Å². The van der Waals surface area contributed by atoms with Crippen molar-refractivity contribution < 1.29 is 33.2 Å². The molecule has 1 heterocycles. The van der Waals surface area contributed by atoms with E-state index in [1.165, 1.54) is 12.1 Å². The maximum atomic E-state index is 13.1. The van der Waals surface area contributed by atoms with Crippen LogP contribution in [0.15, 0.2) is 36.1 Å². The van der Waals surface area contributed by atoms with Crippen LogP contribution in [0.25, 0.3) is 0 Å². The van der Waals surface area contributed by atoms with Crippen molar-refractivity contribution in [1.29, 1.82) is 0 Å². The Balaban J connectivity index is 1.97. The molecule has 2 rings (SSSR count). The van der Waals surface area contributed by atoms with E-state index in [2.05, 4.69) is 19.2 Å². The number of nitrogens with one attached hydrogen (secondary N) is 1. The molecule has 2 N–H and O–H groups in total. The lowest BCUT2D eigenvalue weighted by atomic mass is 9.79. The van der Waals surface area contributed by atoms with Crippen LogP contribution in [-0.4, -0.2) is 56.9 Å². The molecule has 0 aliphatic carbocycles. The van der Waals surface area contributed by atoms with Gasteiger partial charge < -0.3 is 29.4 Å². The van der Waals surface area contributed by atoms with Crippen LogP contribution < -0.4 is 5.32 Å². The molecule has 1 aromatic rings. The van der Waals surface area contributed by atoms with E-state index in [4.69, 9.17) is 24.1 Å². The third-order valence-electron chi connectivity index (χ3n) is 5.32. The van der Waals surface area contributed by atoms with Crippen molar-refractivity contribution >= 4 is 5.91 Å². The molecular weight excluding hydrogens is 417 g/mol. The van der Waals surface area contributed by atoms with E-state index in [-0.39, 0.29) is 48.4 Å². The van der Waals surface area contributed by atoms with Gasteiger partial charge in [0.05, 0.1) is 26.4 Å². The number of rotatable bonds is 14. The van der Waals surface area contributed by atoms with Gasteiger partial charge >= 0.3 is 0 Å². The summed E-state index contributed by atoms with van der Waals surface area (Å²) in [6.45, 7) is 8.56. The Morgan fingerprint density at radius 1 is 1.16 bits per heavy atom. The van der Waals surface area contributed by atoms with Gasteiger partial charge in [0.2, 0.25) is 6.29 Å². The number of benzene rings is 1. The van der Waals surface area contributed by atoms with Crippen LogP contribution in [0, 0.1) is 23.6 Å². The maximum absolute atomic E-state index is 13.1. The Labute approximate surface area is 189 Å². The molecule has 8 heteroatoms. The Bertz CT molecular complexity index is 709. The van der Waals surface area contributed by atoms with E-state index >= 15 is 0 Å². The molecule has 180 valence electrons. The summed E-state index contributed by atoms with van der Waals surface area (Å²) in [7, 11) is 0. The zero-order chi connectivity index (χ0) is 23.3. The minimum Gasteiger partial charge on any atom is -0.459 e. The number of aliphatic hydroxyl groups is 1. The first-order chi connectivity index (χ1) is 15.5. The summed E-state index contributed by atoms with van der Waals surface area (Å²) in [4.78, 5) is 12.8. The summed E-state index contributed by atoms with van der Waals surface area (Å²) in [5, 5.41) is 11.6. The molecule has 0 saturated heterocycles. The van der Waals surface area contributed by atoms with E-state index in [9.17, 15) is 9.18 Å². The largest absolute Gasteiger partial charge is 0.459 e. The van der Waals surface area contributed by atoms with Crippen LogP contribution in [0.2, 0.25) is 0 Å². The summed E-state index contributed by atoms with van der Waals surface area (Å²) in [6, 6.07) is 6.00. The van der Waals surface area contributed by atoms with Crippen molar-refractivity contribution in [3.05, 3.63) is 47.5 Å². The smallest absolute Gasteiger partial charge is 0.286 e. The molecule has 0 saturated carbocycles. The highest BCUT2D eigenvalue weighted by Crippen LogP contribution is 2.36. The first-order valence-corrected chi connectivity index (χ1v) is 11.2. The fourth-order valence-electron chi connectivity index (χ4n) is 3.68. The summed E-state index contributed by atoms with van der Waals surface area (Å²) in [6.07, 6.45) is 2.06. The number of ether oxygens (including phenoxy) is 4. The first-order valence-electron chi connectivity index (χ1n) is 11.2. The Kier molecular flexibility index (Phi) is 11.7. The number of hydrogen-bond donors (Lipinski definition) is 2. The van der Waals surface area contributed by atoms with Gasteiger partial charge in [0.15, 0.2) is 5.76 Å². The lowest BCUT2D eigenvalue weighted by molar-refractivity contribution is -0.177. The number of allylic oxidation sites excluding steroid dienone is 1. The molecule has 0 aromatic heterocycles. The van der Waals surface area contributed by atoms with Crippen molar-refractivity contribution in [3.63, 3.8) is 0 Å². The van der Waals surface area contributed by atoms with Gasteiger partial charge in [-0.1, -0.05) is 26.0 Å². The van der Waals surface area contributed by atoms with Gasteiger partial charge in [0.1, 0.15) is 5.82 Å². The molecule has 1 aliphatic rings. The second-order valence-corrected chi connectivity index (χ2v) is 8.00. The number of carbonyl (C=O) groups excluding carboxylic acids is 1. The van der Waals surface area contributed by atoms with E-state index < -0.39 is 6.29 Å². The van der Waals surface area contributed by atoms with Gasteiger partial charge in [0.25, 0.3) is 5.91 Å². The van der Waals surface area contributed by atoms with Crippen molar-refractivity contribution in [1.82, 2.24) is 5.32 Å². The van der Waals surface area contributed by atoms with Gasteiger partial charge in [-0.3, -0.25) is 4.79 Å². The molecule has 3 atom stereocenters. The van der Waals surface area contributed by atoms with Crippen LogP contribution in [-0.2, 0) is 30.3 Å². The minimum absolute atomic E-state index is 0.00232. The van der Waals surface area contributed by atoms with E-state index in [1.807, 2.05) is 13.0 Å². The van der Waals surface area contributed by atoms with Crippen LogP contribution in [0.4, 0.5) is 4.39 Å². The zero-order valence-electron chi connectivity index (χ0n) is 19.2. The highest BCUT2D eigenvalue weighted by Gasteiger charge is 2.38. The fourth-order valence-corrected chi connectivity index (χ4v) is 3.68. The Morgan fingerprint density at radius 2 is 1.84 bits per heavy atom. The molecule has 7 nitrogen and oxygen atoms in total. The lowest BCUT2D eigenvalue weighted by Gasteiger charge is -2.38. The Morgan fingerprint density at radius 3 is 2.47 bits per heavy atom. The Hall–Kier alpha value is -2.00. The number of halogens is 1. The SMILES string of the molecule is CCO[C@H]1OC(C(=O)NCc2ccc(F)cc2)=C[C@@H](C(C)C)[C@H]1CCOCCOCCO. The topological polar surface area (TPSA) is 86.3 Å². The van der Waals surface area contributed by atoms with Crippen molar-refractivity contribution in [3.8, 4) is 0 Å². The quantitative estimate of drug-likeness (QED) is 0.421. The zero-order valence-corrected chi connectivity index (χ0v) is 19.2. The third kappa shape index (κ3) is 8.50. The fraction of sp³-hybridized carbons (Fsp3) is 0.625. The number of carbonyl (C=O) groups is 1. The molecule has 0 bridgehead atoms. The standard InChI is InChI=1S/C24H36FNO6/c1-4-31-24-20(9-11-29-13-14-30-12-10-27)21(17(2)3)15-22(32-24)23(28)26-16-18-5-7-19(25)8-6-18/h5-8,15,17,20-21,24,27H,4,9-14,16H2,1-3H3,(H,26,28)/t20-,21+,24+/m1/s1. The normalized spacial score (nSPS) is 20.7. The molecule has 32 heavy (non-hydrogen) atoms. The van der Waals surface area contributed by atoms with Crippen LogP contribution in [0.1, 0.15) is 32.8 Å². The summed E-state index contributed by atoms with van der Waals surface area (Å²) < 4.78 is 35.7. The third-order valence-corrected chi connectivity index (χ3v) is 5.32. The molecule has 0 spiro atoms. The van der Waals surface area contributed by atoms with E-state index in [0.717, 1.165) is 5.56 Å². The second-order valence-electron chi connectivity index (χ2n) is 8.00. The minimum atomic E-state index is -0.543. The van der Waals surface area contributed by atoms with Gasteiger partial charge in [-0.05, 0) is 49.0 Å². The molecule has 1 aliphatic heterocycles. The molecule has 0 radical (unpaired) electrons. The van der Waals surface area contributed by atoms with Crippen LogP contribution in [0.5, 0.6) is 0 Å². The molecule has 1 amide bonds. The van der Waals surface area contributed by atoms with Crippen molar-refractivity contribution in [2.24, 2.45) is 17.8 Å². The maximum Gasteiger partial charge on any atom is 0.286 e. The average Bonchev–Trinajstić information content (AvgIpc) is 2.78. The van der Waals surface area contributed by atoms with Crippen LogP contribution >= 0.6 is 0 Å².